The molecule has 0 spiro atoms. The molecule has 1 heterocycles. The summed E-state index contributed by atoms with van der Waals surface area (Å²) in [5, 5.41) is 3.27. The van der Waals surface area contributed by atoms with E-state index in [9.17, 15) is 4.79 Å². The minimum absolute atomic E-state index is 0.128. The molecular weight excluding hydrogens is 212 g/mol. The Bertz CT molecular complexity index is 428. The second-order valence-electron chi connectivity index (χ2n) is 4.71. The summed E-state index contributed by atoms with van der Waals surface area (Å²) in [6.07, 6.45) is 0.773. The van der Waals surface area contributed by atoms with Gasteiger partial charge in [0.25, 0.3) is 0 Å². The summed E-state index contributed by atoms with van der Waals surface area (Å²) in [5.41, 5.74) is 3.29. The minimum Gasteiger partial charge on any atom is -0.373 e. The molecule has 1 N–H and O–H groups in total. The molecule has 1 aliphatic rings. The van der Waals surface area contributed by atoms with Gasteiger partial charge in [-0.2, -0.15) is 0 Å². The molecule has 1 aromatic carbocycles. The number of benzene rings is 1. The number of hydrogen-bond acceptors (Lipinski definition) is 2. The van der Waals surface area contributed by atoms with E-state index in [-0.39, 0.29) is 11.9 Å². The Morgan fingerprint density at radius 2 is 2.24 bits per heavy atom. The van der Waals surface area contributed by atoms with Crippen molar-refractivity contribution in [1.82, 2.24) is 4.90 Å². The van der Waals surface area contributed by atoms with Crippen LogP contribution in [-0.2, 0) is 11.2 Å². The van der Waals surface area contributed by atoms with Crippen LogP contribution in [0.2, 0.25) is 0 Å². The minimum atomic E-state index is -0.128. The summed E-state index contributed by atoms with van der Waals surface area (Å²) in [5.74, 6) is 0.129. The summed E-state index contributed by atoms with van der Waals surface area (Å²) in [4.78, 5) is 13.9. The predicted molar refractivity (Wildman–Crippen MR) is 70.0 cm³/mol. The molecule has 0 saturated carbocycles. The zero-order valence-corrected chi connectivity index (χ0v) is 10.4. The highest BCUT2D eigenvalue weighted by Gasteiger charge is 2.28. The van der Waals surface area contributed by atoms with Gasteiger partial charge in [-0.1, -0.05) is 30.4 Å². The molecule has 3 nitrogen and oxygen atoms in total. The quantitative estimate of drug-likeness (QED) is 0.806. The lowest BCUT2D eigenvalue weighted by Gasteiger charge is -2.21. The number of amides is 1. The van der Waals surface area contributed by atoms with Crippen molar-refractivity contribution >= 4 is 11.6 Å². The van der Waals surface area contributed by atoms with Gasteiger partial charge in [-0.3, -0.25) is 4.79 Å². The molecular formula is C14H18N2O. The van der Waals surface area contributed by atoms with Crippen LogP contribution in [0.4, 0.5) is 5.69 Å². The Labute approximate surface area is 102 Å². The third-order valence-corrected chi connectivity index (χ3v) is 2.95. The molecule has 17 heavy (non-hydrogen) atoms. The van der Waals surface area contributed by atoms with E-state index in [0.717, 1.165) is 17.7 Å². The molecule has 1 aliphatic heterocycles. The lowest BCUT2D eigenvalue weighted by atomic mass is 10.1. The van der Waals surface area contributed by atoms with Crippen molar-refractivity contribution in [3.63, 3.8) is 0 Å². The number of rotatable bonds is 3. The third-order valence-electron chi connectivity index (χ3n) is 2.95. The standard InChI is InChI=1S/C14H18N2O/c1-10(2)9-16(3)14(17)13-8-11-6-4-5-7-12(11)15-13/h4-7,13,15H,1,8-9H2,2-3H3. The van der Waals surface area contributed by atoms with Crippen molar-refractivity contribution in [3.05, 3.63) is 42.0 Å². The first-order valence-electron chi connectivity index (χ1n) is 5.81. The van der Waals surface area contributed by atoms with E-state index in [1.54, 1.807) is 4.90 Å². The van der Waals surface area contributed by atoms with Crippen LogP contribution < -0.4 is 5.32 Å². The van der Waals surface area contributed by atoms with E-state index >= 15 is 0 Å². The van der Waals surface area contributed by atoms with Crippen LogP contribution in [-0.4, -0.2) is 30.4 Å². The van der Waals surface area contributed by atoms with Crippen molar-refractivity contribution in [2.24, 2.45) is 0 Å². The van der Waals surface area contributed by atoms with Crippen LogP contribution in [0.15, 0.2) is 36.4 Å². The molecule has 0 fully saturated rings. The normalized spacial score (nSPS) is 17.2. The summed E-state index contributed by atoms with van der Waals surface area (Å²) in [7, 11) is 1.82. The van der Waals surface area contributed by atoms with E-state index in [1.165, 1.54) is 5.56 Å². The summed E-state index contributed by atoms with van der Waals surface area (Å²) < 4.78 is 0. The Hall–Kier alpha value is -1.77. The number of hydrogen-bond donors (Lipinski definition) is 1. The highest BCUT2D eigenvalue weighted by Crippen LogP contribution is 2.25. The van der Waals surface area contributed by atoms with E-state index in [1.807, 2.05) is 32.2 Å². The van der Waals surface area contributed by atoms with Gasteiger partial charge in [-0.25, -0.2) is 0 Å². The molecule has 0 bridgehead atoms. The fraction of sp³-hybridized carbons (Fsp3) is 0.357. The fourth-order valence-electron chi connectivity index (χ4n) is 2.20. The Morgan fingerprint density at radius 3 is 2.88 bits per heavy atom. The zero-order chi connectivity index (χ0) is 12.4. The van der Waals surface area contributed by atoms with Gasteiger partial charge in [0.1, 0.15) is 6.04 Å². The molecule has 90 valence electrons. The molecule has 1 amide bonds. The van der Waals surface area contributed by atoms with Crippen molar-refractivity contribution in [1.29, 1.82) is 0 Å². The monoisotopic (exact) mass is 230 g/mol. The number of nitrogens with zero attached hydrogens (tertiary/aromatic N) is 1. The second kappa shape index (κ2) is 4.62. The van der Waals surface area contributed by atoms with Crippen LogP contribution in [0, 0.1) is 0 Å². The summed E-state index contributed by atoms with van der Waals surface area (Å²) in [6, 6.07) is 7.94. The highest BCUT2D eigenvalue weighted by atomic mass is 16.2. The van der Waals surface area contributed by atoms with E-state index in [2.05, 4.69) is 18.0 Å². The molecule has 1 unspecified atom stereocenters. The van der Waals surface area contributed by atoms with Gasteiger partial charge < -0.3 is 10.2 Å². The Balaban J connectivity index is 2.03. The SMILES string of the molecule is C=C(C)CN(C)C(=O)C1Cc2ccccc2N1. The first kappa shape index (κ1) is 11.7. The topological polar surface area (TPSA) is 32.3 Å². The van der Waals surface area contributed by atoms with Gasteiger partial charge in [-0.15, -0.1) is 0 Å². The van der Waals surface area contributed by atoms with Crippen LogP contribution in [0.1, 0.15) is 12.5 Å². The number of anilines is 1. The predicted octanol–water partition coefficient (Wildman–Crippen LogP) is 2.06. The number of carbonyl (C=O) groups excluding carboxylic acids is 1. The molecule has 1 atom stereocenters. The maximum atomic E-state index is 12.2. The Morgan fingerprint density at radius 1 is 1.53 bits per heavy atom. The van der Waals surface area contributed by atoms with Crippen molar-refractivity contribution in [3.8, 4) is 0 Å². The molecule has 2 rings (SSSR count). The van der Waals surface area contributed by atoms with Crippen LogP contribution in [0.25, 0.3) is 0 Å². The molecule has 0 saturated heterocycles. The first-order chi connectivity index (χ1) is 8.08. The summed E-state index contributed by atoms with van der Waals surface area (Å²) >= 11 is 0. The van der Waals surface area contributed by atoms with Crippen LogP contribution >= 0.6 is 0 Å². The summed E-state index contributed by atoms with van der Waals surface area (Å²) in [6.45, 7) is 6.38. The van der Waals surface area contributed by atoms with Crippen molar-refractivity contribution in [2.75, 3.05) is 18.9 Å². The average Bonchev–Trinajstić information content (AvgIpc) is 2.70. The number of para-hydroxylation sites is 1. The van der Waals surface area contributed by atoms with E-state index in [4.69, 9.17) is 0 Å². The molecule has 0 radical (unpaired) electrons. The maximum Gasteiger partial charge on any atom is 0.245 e. The zero-order valence-electron chi connectivity index (χ0n) is 10.4. The number of carbonyl (C=O) groups is 1. The van der Waals surface area contributed by atoms with E-state index in [0.29, 0.717) is 6.54 Å². The lowest BCUT2D eigenvalue weighted by Crippen LogP contribution is -2.40. The number of nitrogens with one attached hydrogen (secondary N) is 1. The Kier molecular flexibility index (Phi) is 3.18. The van der Waals surface area contributed by atoms with E-state index < -0.39 is 0 Å². The molecule has 1 aromatic rings. The van der Waals surface area contributed by atoms with Crippen LogP contribution in [0.5, 0.6) is 0 Å². The fourth-order valence-corrected chi connectivity index (χ4v) is 2.20. The van der Waals surface area contributed by atoms with Crippen LogP contribution in [0.3, 0.4) is 0 Å². The smallest absolute Gasteiger partial charge is 0.245 e. The second-order valence-corrected chi connectivity index (χ2v) is 4.71. The van der Waals surface area contributed by atoms with Gasteiger partial charge >= 0.3 is 0 Å². The molecule has 3 heteroatoms. The molecule has 0 aromatic heterocycles. The lowest BCUT2D eigenvalue weighted by molar-refractivity contribution is -0.130. The van der Waals surface area contributed by atoms with Gasteiger partial charge in [0.2, 0.25) is 5.91 Å². The van der Waals surface area contributed by atoms with Gasteiger partial charge in [0, 0.05) is 25.7 Å². The average molecular weight is 230 g/mol. The largest absolute Gasteiger partial charge is 0.373 e. The van der Waals surface area contributed by atoms with Gasteiger partial charge in [-0.05, 0) is 18.6 Å². The number of likely N-dealkylation sites (N-methyl/N-ethyl adjacent to an activating group) is 1. The molecule has 0 aliphatic carbocycles. The number of fused-ring (bicyclic) bond motifs is 1. The van der Waals surface area contributed by atoms with Gasteiger partial charge in [0.05, 0.1) is 0 Å². The van der Waals surface area contributed by atoms with Crippen molar-refractivity contribution in [2.45, 2.75) is 19.4 Å². The maximum absolute atomic E-state index is 12.2. The van der Waals surface area contributed by atoms with Gasteiger partial charge in [0.15, 0.2) is 0 Å². The van der Waals surface area contributed by atoms with Crippen molar-refractivity contribution < 1.29 is 4.79 Å². The highest BCUT2D eigenvalue weighted by molar-refractivity contribution is 5.87. The third kappa shape index (κ3) is 2.49. The first-order valence-corrected chi connectivity index (χ1v) is 5.81.